The Kier molecular flexibility index (Phi) is 3.97. The summed E-state index contributed by atoms with van der Waals surface area (Å²) in [6, 6.07) is 28.8. The Hall–Kier alpha value is -3.87. The quantitative estimate of drug-likeness (QED) is 0.267. The zero-order valence-electron chi connectivity index (χ0n) is 20.5. The van der Waals surface area contributed by atoms with Crippen LogP contribution in [0, 0.1) is 0 Å². The SMILES string of the molecule is O=C1c2ccccc2-c2ccc(-c3ccc4c5c(cccc35)C3(OCCO3)C43OCCO3)c3cccc1c23. The van der Waals surface area contributed by atoms with Crippen LogP contribution in [0.5, 0.6) is 0 Å². The van der Waals surface area contributed by atoms with Gasteiger partial charge < -0.3 is 18.9 Å². The molecule has 2 aliphatic heterocycles. The average Bonchev–Trinajstić information content (AvgIpc) is 3.71. The predicted octanol–water partition coefficient (Wildman–Crippen LogP) is 6.28. The molecule has 0 N–H and O–H groups in total. The Morgan fingerprint density at radius 2 is 0.974 bits per heavy atom. The van der Waals surface area contributed by atoms with E-state index < -0.39 is 11.6 Å². The van der Waals surface area contributed by atoms with Gasteiger partial charge in [0, 0.05) is 27.6 Å². The van der Waals surface area contributed by atoms with Gasteiger partial charge in [-0.1, -0.05) is 84.9 Å². The third-order valence-corrected chi connectivity index (χ3v) is 8.61. The van der Waals surface area contributed by atoms with Crippen LogP contribution < -0.4 is 0 Å². The van der Waals surface area contributed by atoms with Crippen LogP contribution in [0.25, 0.3) is 43.8 Å². The molecule has 0 bridgehead atoms. The van der Waals surface area contributed by atoms with Gasteiger partial charge in [0.2, 0.25) is 0 Å². The highest BCUT2D eigenvalue weighted by Gasteiger charge is 2.67. The van der Waals surface area contributed by atoms with Crippen molar-refractivity contribution in [3.63, 3.8) is 0 Å². The van der Waals surface area contributed by atoms with E-state index >= 15 is 0 Å². The summed E-state index contributed by atoms with van der Waals surface area (Å²) in [7, 11) is 0. The molecule has 4 aliphatic rings. The van der Waals surface area contributed by atoms with Crippen molar-refractivity contribution in [2.24, 2.45) is 0 Å². The molecule has 2 spiro atoms. The smallest absolute Gasteiger partial charge is 0.256 e. The molecule has 5 aromatic carbocycles. The lowest BCUT2D eigenvalue weighted by Crippen LogP contribution is -2.48. The fraction of sp³-hybridized carbons (Fsp3) is 0.182. The Labute approximate surface area is 218 Å². The van der Waals surface area contributed by atoms with Gasteiger partial charge in [0.15, 0.2) is 5.78 Å². The van der Waals surface area contributed by atoms with Gasteiger partial charge in [-0.25, -0.2) is 0 Å². The van der Waals surface area contributed by atoms with Crippen LogP contribution in [0.15, 0.2) is 84.9 Å². The van der Waals surface area contributed by atoms with Crippen molar-refractivity contribution in [2.45, 2.75) is 11.6 Å². The van der Waals surface area contributed by atoms with Crippen molar-refractivity contribution in [2.75, 3.05) is 26.4 Å². The van der Waals surface area contributed by atoms with Crippen LogP contribution in [0.3, 0.4) is 0 Å². The Morgan fingerprint density at radius 3 is 1.68 bits per heavy atom. The Balaban J connectivity index is 1.35. The number of carbonyl (C=O) groups excluding carboxylic acids is 1. The lowest BCUT2D eigenvalue weighted by atomic mass is 9.80. The number of carbonyl (C=O) groups is 1. The molecule has 0 atom stereocenters. The van der Waals surface area contributed by atoms with Crippen LogP contribution >= 0.6 is 0 Å². The maximum atomic E-state index is 13.5. The molecular weight excluding hydrogens is 476 g/mol. The summed E-state index contributed by atoms with van der Waals surface area (Å²) in [5, 5.41) is 4.20. The molecule has 2 heterocycles. The molecule has 0 unspecified atom stereocenters. The average molecular weight is 499 g/mol. The van der Waals surface area contributed by atoms with Gasteiger partial charge in [-0.3, -0.25) is 4.79 Å². The molecule has 184 valence electrons. The second kappa shape index (κ2) is 7.16. The molecule has 0 amide bonds. The third-order valence-electron chi connectivity index (χ3n) is 8.61. The fourth-order valence-corrected chi connectivity index (χ4v) is 7.18. The topological polar surface area (TPSA) is 54.0 Å². The molecule has 2 aliphatic carbocycles. The monoisotopic (exact) mass is 498 g/mol. The molecule has 2 fully saturated rings. The van der Waals surface area contributed by atoms with E-state index in [1.54, 1.807) is 0 Å². The number of benzene rings is 5. The second-order valence-electron chi connectivity index (χ2n) is 10.3. The van der Waals surface area contributed by atoms with Crippen molar-refractivity contribution < 1.29 is 23.7 Å². The summed E-state index contributed by atoms with van der Waals surface area (Å²) in [5.41, 5.74) is 7.65. The van der Waals surface area contributed by atoms with Crippen molar-refractivity contribution in [1.82, 2.24) is 0 Å². The van der Waals surface area contributed by atoms with Gasteiger partial charge in [0.25, 0.3) is 11.6 Å². The highest BCUT2D eigenvalue weighted by atomic mass is 16.8. The van der Waals surface area contributed by atoms with Crippen molar-refractivity contribution in [3.05, 3.63) is 107 Å². The largest absolute Gasteiger partial charge is 0.339 e. The molecule has 0 saturated carbocycles. The van der Waals surface area contributed by atoms with Gasteiger partial charge in [-0.2, -0.15) is 0 Å². The first-order valence-corrected chi connectivity index (χ1v) is 13.1. The van der Waals surface area contributed by atoms with E-state index in [2.05, 4.69) is 48.5 Å². The maximum absolute atomic E-state index is 13.5. The van der Waals surface area contributed by atoms with Crippen molar-refractivity contribution >= 4 is 27.3 Å². The van der Waals surface area contributed by atoms with Gasteiger partial charge in [0.05, 0.1) is 26.4 Å². The van der Waals surface area contributed by atoms with E-state index in [9.17, 15) is 4.79 Å². The summed E-state index contributed by atoms with van der Waals surface area (Å²) in [6.07, 6.45) is 0. The van der Waals surface area contributed by atoms with Crippen molar-refractivity contribution in [3.8, 4) is 22.3 Å². The summed E-state index contributed by atoms with van der Waals surface area (Å²) < 4.78 is 25.3. The van der Waals surface area contributed by atoms with Crippen LogP contribution in [-0.2, 0) is 30.5 Å². The highest BCUT2D eigenvalue weighted by molar-refractivity contribution is 6.27. The van der Waals surface area contributed by atoms with Gasteiger partial charge in [-0.15, -0.1) is 0 Å². The zero-order chi connectivity index (χ0) is 25.1. The number of ketones is 1. The number of rotatable bonds is 1. The standard InChI is InChI=1S/C33H22O5/c34-31-25-6-2-1-5-19(25)24-12-11-20(22-7-3-9-26(31)29(22)24)21-13-14-28-30-23(21)8-4-10-27(30)32(35-15-16-36-32)33(28)37-17-18-38-33/h1-14H,15-18H2. The van der Waals surface area contributed by atoms with Gasteiger partial charge in [0.1, 0.15) is 0 Å². The summed E-state index contributed by atoms with van der Waals surface area (Å²) >= 11 is 0. The number of hydrogen-bond donors (Lipinski definition) is 0. The number of fused-ring (bicyclic) bond motifs is 5. The minimum Gasteiger partial charge on any atom is -0.339 e. The summed E-state index contributed by atoms with van der Waals surface area (Å²) in [4.78, 5) is 13.5. The van der Waals surface area contributed by atoms with E-state index in [0.717, 1.165) is 66.1 Å². The molecule has 5 heteroatoms. The normalized spacial score (nSPS) is 19.7. The Bertz CT molecular complexity index is 1830. The van der Waals surface area contributed by atoms with E-state index in [1.807, 2.05) is 36.4 Å². The van der Waals surface area contributed by atoms with Gasteiger partial charge in [-0.05, 0) is 38.4 Å². The van der Waals surface area contributed by atoms with E-state index in [-0.39, 0.29) is 5.78 Å². The number of ether oxygens (including phenoxy) is 4. The van der Waals surface area contributed by atoms with Crippen molar-refractivity contribution in [1.29, 1.82) is 0 Å². The Morgan fingerprint density at radius 1 is 0.447 bits per heavy atom. The summed E-state index contributed by atoms with van der Waals surface area (Å²) in [6.45, 7) is 1.93. The molecule has 5 aromatic rings. The van der Waals surface area contributed by atoms with E-state index in [1.165, 1.54) is 0 Å². The molecule has 0 aromatic heterocycles. The fourth-order valence-electron chi connectivity index (χ4n) is 7.18. The second-order valence-corrected chi connectivity index (χ2v) is 10.3. The molecule has 5 nitrogen and oxygen atoms in total. The molecule has 38 heavy (non-hydrogen) atoms. The zero-order valence-corrected chi connectivity index (χ0v) is 20.5. The summed E-state index contributed by atoms with van der Waals surface area (Å²) in [5.74, 6) is -2.15. The van der Waals surface area contributed by atoms with E-state index in [4.69, 9.17) is 18.9 Å². The molecule has 2 saturated heterocycles. The highest BCUT2D eigenvalue weighted by Crippen LogP contribution is 2.61. The lowest BCUT2D eigenvalue weighted by Gasteiger charge is -2.37. The number of hydrogen-bond acceptors (Lipinski definition) is 5. The predicted molar refractivity (Wildman–Crippen MR) is 143 cm³/mol. The minimum absolute atomic E-state index is 0.0752. The minimum atomic E-state index is -1.11. The van der Waals surface area contributed by atoms with Crippen LogP contribution in [-0.4, -0.2) is 32.2 Å². The molecule has 0 radical (unpaired) electrons. The lowest BCUT2D eigenvalue weighted by molar-refractivity contribution is -0.359. The van der Waals surface area contributed by atoms with E-state index in [0.29, 0.717) is 26.4 Å². The van der Waals surface area contributed by atoms with Crippen LogP contribution in [0.2, 0.25) is 0 Å². The first-order chi connectivity index (χ1) is 18.7. The first kappa shape index (κ1) is 21.1. The van der Waals surface area contributed by atoms with Crippen LogP contribution in [0.4, 0.5) is 0 Å². The molecule has 9 rings (SSSR count). The third kappa shape index (κ3) is 2.31. The van der Waals surface area contributed by atoms with Gasteiger partial charge >= 0.3 is 0 Å². The first-order valence-electron chi connectivity index (χ1n) is 13.1. The maximum Gasteiger partial charge on any atom is 0.256 e. The van der Waals surface area contributed by atoms with Crippen LogP contribution in [0.1, 0.15) is 27.0 Å². The molecular formula is C33H22O5.